The third-order valence-corrected chi connectivity index (χ3v) is 2.97. The summed E-state index contributed by atoms with van der Waals surface area (Å²) in [6, 6.07) is 0.209. The molecule has 0 spiro atoms. The monoisotopic (exact) mass is 200 g/mol. The predicted molar refractivity (Wildman–Crippen MR) is 64.2 cm³/mol. The summed E-state index contributed by atoms with van der Waals surface area (Å²) >= 11 is 0. The molecule has 0 bridgehead atoms. The molecule has 0 radical (unpaired) electrons. The molecule has 0 aliphatic carbocycles. The summed E-state index contributed by atoms with van der Waals surface area (Å²) in [7, 11) is 0. The number of rotatable bonds is 7. The van der Waals surface area contributed by atoms with Crippen LogP contribution in [0.5, 0.6) is 0 Å². The van der Waals surface area contributed by atoms with Crippen LogP contribution in [-0.4, -0.2) is 11.6 Å². The summed E-state index contributed by atoms with van der Waals surface area (Å²) in [6.45, 7) is 8.65. The number of hydrogen-bond acceptors (Lipinski definition) is 2. The molecule has 0 aliphatic rings. The van der Waals surface area contributed by atoms with Crippen LogP contribution in [0, 0.1) is 5.92 Å². The van der Waals surface area contributed by atoms with Crippen LogP contribution in [0.1, 0.15) is 59.8 Å². The van der Waals surface area contributed by atoms with Crippen LogP contribution < -0.4 is 11.5 Å². The van der Waals surface area contributed by atoms with Gasteiger partial charge in [0.05, 0.1) is 0 Å². The highest BCUT2D eigenvalue weighted by molar-refractivity contribution is 4.88. The SMILES string of the molecule is CCCC(CCC)C(C)(N)CC(C)N. The van der Waals surface area contributed by atoms with E-state index in [4.69, 9.17) is 11.5 Å². The lowest BCUT2D eigenvalue weighted by atomic mass is 9.77. The van der Waals surface area contributed by atoms with Gasteiger partial charge in [-0.3, -0.25) is 0 Å². The molecule has 0 saturated carbocycles. The highest BCUT2D eigenvalue weighted by Gasteiger charge is 2.29. The van der Waals surface area contributed by atoms with E-state index in [2.05, 4.69) is 20.8 Å². The molecule has 0 aliphatic heterocycles. The van der Waals surface area contributed by atoms with Crippen molar-refractivity contribution in [2.75, 3.05) is 0 Å². The average molecular weight is 200 g/mol. The Morgan fingerprint density at radius 2 is 1.57 bits per heavy atom. The lowest BCUT2D eigenvalue weighted by Gasteiger charge is -2.35. The van der Waals surface area contributed by atoms with Gasteiger partial charge in [0.2, 0.25) is 0 Å². The molecule has 0 saturated heterocycles. The maximum atomic E-state index is 6.35. The first-order chi connectivity index (χ1) is 6.44. The third-order valence-electron chi connectivity index (χ3n) is 2.97. The van der Waals surface area contributed by atoms with E-state index in [0.29, 0.717) is 5.92 Å². The normalized spacial score (nSPS) is 18.2. The zero-order chi connectivity index (χ0) is 11.2. The summed E-state index contributed by atoms with van der Waals surface area (Å²) in [5.74, 6) is 0.628. The minimum atomic E-state index is -0.0831. The molecule has 0 heterocycles. The van der Waals surface area contributed by atoms with E-state index in [0.717, 1.165) is 6.42 Å². The quantitative estimate of drug-likeness (QED) is 0.664. The average Bonchev–Trinajstić information content (AvgIpc) is 2.01. The Bertz CT molecular complexity index is 135. The Balaban J connectivity index is 4.28. The minimum absolute atomic E-state index is 0.0831. The molecule has 2 unspecified atom stereocenters. The van der Waals surface area contributed by atoms with Crippen molar-refractivity contribution in [1.29, 1.82) is 0 Å². The number of hydrogen-bond donors (Lipinski definition) is 2. The van der Waals surface area contributed by atoms with E-state index in [1.165, 1.54) is 25.7 Å². The van der Waals surface area contributed by atoms with E-state index in [1.807, 2.05) is 6.92 Å². The Kier molecular flexibility index (Phi) is 6.38. The molecule has 86 valence electrons. The Hall–Kier alpha value is -0.0800. The van der Waals surface area contributed by atoms with E-state index < -0.39 is 0 Å². The van der Waals surface area contributed by atoms with Gasteiger partial charge in [-0.1, -0.05) is 26.7 Å². The molecule has 0 aromatic rings. The topological polar surface area (TPSA) is 52.0 Å². The first-order valence-corrected chi connectivity index (χ1v) is 5.98. The maximum absolute atomic E-state index is 6.35. The van der Waals surface area contributed by atoms with Gasteiger partial charge in [0.15, 0.2) is 0 Å². The van der Waals surface area contributed by atoms with Crippen LogP contribution >= 0.6 is 0 Å². The summed E-state index contributed by atoms with van der Waals surface area (Å²) in [5, 5.41) is 0. The van der Waals surface area contributed by atoms with Gasteiger partial charge in [-0.25, -0.2) is 0 Å². The second-order valence-corrected chi connectivity index (χ2v) is 4.96. The first-order valence-electron chi connectivity index (χ1n) is 5.98. The smallest absolute Gasteiger partial charge is 0.0168 e. The molecule has 2 atom stereocenters. The van der Waals surface area contributed by atoms with Crippen molar-refractivity contribution in [1.82, 2.24) is 0 Å². The Labute approximate surface area is 89.4 Å². The standard InChI is InChI=1S/C12H28N2/c1-5-7-11(8-6-2)12(4,14)9-10(3)13/h10-11H,5-9,13-14H2,1-4H3. The van der Waals surface area contributed by atoms with Crippen molar-refractivity contribution in [3.05, 3.63) is 0 Å². The summed E-state index contributed by atoms with van der Waals surface area (Å²) < 4.78 is 0. The summed E-state index contributed by atoms with van der Waals surface area (Å²) in [5.41, 5.74) is 12.1. The molecule has 0 fully saturated rings. The van der Waals surface area contributed by atoms with Crippen LogP contribution in [0.25, 0.3) is 0 Å². The van der Waals surface area contributed by atoms with Gasteiger partial charge in [0.1, 0.15) is 0 Å². The molecular formula is C12H28N2. The third kappa shape index (κ3) is 4.97. The highest BCUT2D eigenvalue weighted by atomic mass is 14.8. The summed E-state index contributed by atoms with van der Waals surface area (Å²) in [6.07, 6.45) is 5.83. The Morgan fingerprint density at radius 3 is 1.86 bits per heavy atom. The molecule has 2 nitrogen and oxygen atoms in total. The van der Waals surface area contributed by atoms with Crippen LogP contribution in [0.2, 0.25) is 0 Å². The van der Waals surface area contributed by atoms with Crippen LogP contribution in [0.3, 0.4) is 0 Å². The van der Waals surface area contributed by atoms with E-state index in [-0.39, 0.29) is 11.6 Å². The molecule has 14 heavy (non-hydrogen) atoms. The fraction of sp³-hybridized carbons (Fsp3) is 1.00. The zero-order valence-corrected chi connectivity index (χ0v) is 10.3. The lowest BCUT2D eigenvalue weighted by molar-refractivity contribution is 0.232. The van der Waals surface area contributed by atoms with Gasteiger partial charge in [0.25, 0.3) is 0 Å². The van der Waals surface area contributed by atoms with E-state index in [1.54, 1.807) is 0 Å². The van der Waals surface area contributed by atoms with Crippen molar-refractivity contribution in [3.8, 4) is 0 Å². The fourth-order valence-corrected chi connectivity index (χ4v) is 2.36. The van der Waals surface area contributed by atoms with Crippen LogP contribution in [0.15, 0.2) is 0 Å². The van der Waals surface area contributed by atoms with Gasteiger partial charge >= 0.3 is 0 Å². The van der Waals surface area contributed by atoms with Crippen molar-refractivity contribution in [2.45, 2.75) is 71.4 Å². The van der Waals surface area contributed by atoms with Gasteiger partial charge in [-0.05, 0) is 39.0 Å². The van der Waals surface area contributed by atoms with Crippen LogP contribution in [0.4, 0.5) is 0 Å². The van der Waals surface area contributed by atoms with Crippen molar-refractivity contribution in [3.63, 3.8) is 0 Å². The molecule has 0 aromatic heterocycles. The maximum Gasteiger partial charge on any atom is 0.0168 e. The minimum Gasteiger partial charge on any atom is -0.328 e. The molecule has 0 rings (SSSR count). The fourth-order valence-electron chi connectivity index (χ4n) is 2.36. The van der Waals surface area contributed by atoms with Gasteiger partial charge in [-0.2, -0.15) is 0 Å². The molecular weight excluding hydrogens is 172 g/mol. The largest absolute Gasteiger partial charge is 0.328 e. The highest BCUT2D eigenvalue weighted by Crippen LogP contribution is 2.28. The molecule has 0 amide bonds. The predicted octanol–water partition coefficient (Wildman–Crippen LogP) is 2.66. The van der Waals surface area contributed by atoms with Crippen LogP contribution in [-0.2, 0) is 0 Å². The molecule has 2 heteroatoms. The van der Waals surface area contributed by atoms with Crippen molar-refractivity contribution in [2.24, 2.45) is 17.4 Å². The lowest BCUT2D eigenvalue weighted by Crippen LogP contribution is -2.47. The van der Waals surface area contributed by atoms with Gasteiger partial charge < -0.3 is 11.5 Å². The second-order valence-electron chi connectivity index (χ2n) is 4.96. The Morgan fingerprint density at radius 1 is 1.14 bits per heavy atom. The van der Waals surface area contributed by atoms with Crippen molar-refractivity contribution < 1.29 is 0 Å². The molecule has 4 N–H and O–H groups in total. The molecule has 0 aromatic carbocycles. The first kappa shape index (κ1) is 13.9. The van der Waals surface area contributed by atoms with E-state index in [9.17, 15) is 0 Å². The van der Waals surface area contributed by atoms with E-state index >= 15 is 0 Å². The summed E-state index contributed by atoms with van der Waals surface area (Å²) in [4.78, 5) is 0. The van der Waals surface area contributed by atoms with Crippen molar-refractivity contribution >= 4 is 0 Å². The zero-order valence-electron chi connectivity index (χ0n) is 10.3. The van der Waals surface area contributed by atoms with Gasteiger partial charge in [-0.15, -0.1) is 0 Å². The van der Waals surface area contributed by atoms with Gasteiger partial charge in [0, 0.05) is 11.6 Å². The number of nitrogens with two attached hydrogens (primary N) is 2. The second kappa shape index (κ2) is 6.41.